The molecule has 9 heteroatoms. The molecule has 0 saturated carbocycles. The minimum absolute atomic E-state index is 0.153. The molecule has 0 N–H and O–H groups in total. The zero-order valence-corrected chi connectivity index (χ0v) is 18.9. The number of carbonyl (C=O) groups is 4. The van der Waals surface area contributed by atoms with Crippen LogP contribution >= 0.6 is 0 Å². The summed E-state index contributed by atoms with van der Waals surface area (Å²) in [6.45, 7) is 4.65. The molecule has 2 heterocycles. The molecule has 0 fully saturated rings. The van der Waals surface area contributed by atoms with Gasteiger partial charge in [0.1, 0.15) is 11.3 Å². The van der Waals surface area contributed by atoms with Gasteiger partial charge < -0.3 is 23.2 Å². The first kappa shape index (κ1) is 23.5. The van der Waals surface area contributed by atoms with E-state index in [0.29, 0.717) is 28.4 Å². The van der Waals surface area contributed by atoms with E-state index in [-0.39, 0.29) is 16.7 Å². The Labute approximate surface area is 189 Å². The van der Waals surface area contributed by atoms with Crippen LogP contribution in [0.5, 0.6) is 0 Å². The summed E-state index contributed by atoms with van der Waals surface area (Å²) in [7, 11) is 2.48. The Morgan fingerprint density at radius 2 is 1.45 bits per heavy atom. The van der Waals surface area contributed by atoms with Gasteiger partial charge in [-0.25, -0.2) is 14.4 Å². The molecule has 0 amide bonds. The fraction of sp³-hybridized carbons (Fsp3) is 0.250. The van der Waals surface area contributed by atoms with E-state index in [0.717, 1.165) is 0 Å². The molecule has 1 aromatic carbocycles. The van der Waals surface area contributed by atoms with Gasteiger partial charge in [0.25, 0.3) is 0 Å². The lowest BCUT2D eigenvalue weighted by atomic mass is 10.1. The van der Waals surface area contributed by atoms with Crippen molar-refractivity contribution in [1.29, 1.82) is 0 Å². The normalized spacial score (nSPS) is 10.6. The first-order valence-electron chi connectivity index (χ1n) is 9.93. The molecular weight excluding hydrogens is 430 g/mol. The molecule has 0 spiro atoms. The predicted molar refractivity (Wildman–Crippen MR) is 116 cm³/mol. The Bertz CT molecular complexity index is 1210. The fourth-order valence-corrected chi connectivity index (χ4v) is 3.54. The highest BCUT2D eigenvalue weighted by molar-refractivity contribution is 6.01. The monoisotopic (exact) mass is 453 g/mol. The van der Waals surface area contributed by atoms with Gasteiger partial charge in [0.15, 0.2) is 6.61 Å². The van der Waals surface area contributed by atoms with Crippen molar-refractivity contribution in [1.82, 2.24) is 4.57 Å². The van der Waals surface area contributed by atoms with Gasteiger partial charge in [0, 0.05) is 22.6 Å². The largest absolute Gasteiger partial charge is 0.469 e. The highest BCUT2D eigenvalue weighted by Crippen LogP contribution is 2.24. The number of hydrogen-bond acceptors (Lipinski definition) is 8. The van der Waals surface area contributed by atoms with Crippen molar-refractivity contribution in [3.63, 3.8) is 0 Å². The van der Waals surface area contributed by atoms with Gasteiger partial charge in [-0.15, -0.1) is 0 Å². The van der Waals surface area contributed by atoms with Crippen molar-refractivity contribution >= 4 is 23.7 Å². The van der Waals surface area contributed by atoms with Crippen LogP contribution in [0.15, 0.2) is 41.0 Å². The lowest BCUT2D eigenvalue weighted by Gasteiger charge is -2.13. The maximum Gasteiger partial charge on any atom is 0.342 e. The van der Waals surface area contributed by atoms with Gasteiger partial charge >= 0.3 is 17.9 Å². The molecule has 2 aromatic heterocycles. The highest BCUT2D eigenvalue weighted by atomic mass is 16.5. The van der Waals surface area contributed by atoms with Crippen molar-refractivity contribution in [2.45, 2.75) is 20.8 Å². The Morgan fingerprint density at radius 1 is 0.848 bits per heavy atom. The summed E-state index contributed by atoms with van der Waals surface area (Å²) in [5.74, 6) is -1.90. The van der Waals surface area contributed by atoms with Gasteiger partial charge in [-0.1, -0.05) is 0 Å². The minimum atomic E-state index is -0.656. The number of ether oxygens (including phenoxy) is 3. The van der Waals surface area contributed by atoms with Gasteiger partial charge in [-0.2, -0.15) is 0 Å². The van der Waals surface area contributed by atoms with E-state index in [1.807, 2.05) is 0 Å². The van der Waals surface area contributed by atoms with E-state index in [9.17, 15) is 19.2 Å². The molecule has 0 atom stereocenters. The molecule has 172 valence electrons. The second kappa shape index (κ2) is 9.56. The third-order valence-corrected chi connectivity index (χ3v) is 5.16. The number of rotatable bonds is 7. The van der Waals surface area contributed by atoms with Crippen LogP contribution in [0, 0.1) is 20.8 Å². The van der Waals surface area contributed by atoms with E-state index in [4.69, 9.17) is 18.6 Å². The molecule has 0 radical (unpaired) electrons. The summed E-state index contributed by atoms with van der Waals surface area (Å²) in [4.78, 5) is 49.2. The average molecular weight is 453 g/mol. The summed E-state index contributed by atoms with van der Waals surface area (Å²) >= 11 is 0. The van der Waals surface area contributed by atoms with Gasteiger partial charge in [0.05, 0.1) is 31.6 Å². The number of carbonyl (C=O) groups excluding carboxylic acids is 4. The van der Waals surface area contributed by atoms with E-state index < -0.39 is 30.3 Å². The summed E-state index contributed by atoms with van der Waals surface area (Å²) in [6.07, 6.45) is 1.37. The molecule has 9 nitrogen and oxygen atoms in total. The minimum Gasteiger partial charge on any atom is -0.469 e. The summed E-state index contributed by atoms with van der Waals surface area (Å²) in [5.41, 5.74) is 2.59. The van der Waals surface area contributed by atoms with Crippen LogP contribution in [-0.4, -0.2) is 49.1 Å². The predicted octanol–water partition coefficient (Wildman–Crippen LogP) is 3.61. The number of esters is 3. The highest BCUT2D eigenvalue weighted by Gasteiger charge is 2.22. The lowest BCUT2D eigenvalue weighted by Crippen LogP contribution is -2.15. The van der Waals surface area contributed by atoms with Crippen molar-refractivity contribution in [2.24, 2.45) is 0 Å². The SMILES string of the molecule is COC(=O)c1cc(C(=O)OC)cc(-n2c(C)cc(C(=O)COC(=O)c3ccoc3C)c2C)c1. The number of methoxy groups -OCH3 is 2. The molecule has 0 saturated heterocycles. The number of aromatic nitrogens is 1. The second-order valence-electron chi connectivity index (χ2n) is 7.26. The van der Waals surface area contributed by atoms with E-state index in [2.05, 4.69) is 0 Å². The van der Waals surface area contributed by atoms with E-state index in [1.165, 1.54) is 32.6 Å². The number of aryl methyl sites for hydroxylation is 2. The molecule has 0 aliphatic heterocycles. The second-order valence-corrected chi connectivity index (χ2v) is 7.26. The van der Waals surface area contributed by atoms with Crippen molar-refractivity contribution < 1.29 is 37.8 Å². The summed E-state index contributed by atoms with van der Waals surface area (Å²) in [6, 6.07) is 7.60. The maximum absolute atomic E-state index is 12.8. The van der Waals surface area contributed by atoms with Crippen LogP contribution < -0.4 is 0 Å². The Balaban J connectivity index is 1.93. The third-order valence-electron chi connectivity index (χ3n) is 5.16. The summed E-state index contributed by atoms with van der Waals surface area (Å²) < 4.78 is 21.5. The molecule has 3 aromatic rings. The zero-order valence-electron chi connectivity index (χ0n) is 18.9. The number of nitrogens with zero attached hydrogens (tertiary/aromatic N) is 1. The number of furan rings is 1. The standard InChI is InChI=1S/C24H23NO8/c1-13-8-20(21(26)12-33-24(29)19-6-7-32-15(19)3)14(2)25(13)18-10-16(22(27)30-4)9-17(11-18)23(28)31-5/h6-11H,12H2,1-5H3. The molecule has 0 aliphatic rings. The smallest absolute Gasteiger partial charge is 0.342 e. The average Bonchev–Trinajstić information content (AvgIpc) is 3.37. The molecule has 3 rings (SSSR count). The zero-order chi connectivity index (χ0) is 24.3. The Morgan fingerprint density at radius 3 is 1.97 bits per heavy atom. The molecule has 33 heavy (non-hydrogen) atoms. The van der Waals surface area contributed by atoms with Crippen LogP contribution in [0.1, 0.15) is 58.6 Å². The van der Waals surface area contributed by atoms with Crippen LogP contribution in [0.3, 0.4) is 0 Å². The molecule has 0 unspecified atom stereocenters. The number of hydrogen-bond donors (Lipinski definition) is 0. The van der Waals surface area contributed by atoms with Crippen LogP contribution in [0.25, 0.3) is 5.69 Å². The van der Waals surface area contributed by atoms with Crippen molar-refractivity contribution in [2.75, 3.05) is 20.8 Å². The van der Waals surface area contributed by atoms with E-state index in [1.54, 1.807) is 43.5 Å². The van der Waals surface area contributed by atoms with Crippen molar-refractivity contribution in [3.8, 4) is 5.69 Å². The first-order valence-corrected chi connectivity index (χ1v) is 9.93. The van der Waals surface area contributed by atoms with Gasteiger partial charge in [0.2, 0.25) is 5.78 Å². The molecular formula is C24H23NO8. The van der Waals surface area contributed by atoms with Crippen molar-refractivity contribution in [3.05, 3.63) is 76.0 Å². The number of benzene rings is 1. The van der Waals surface area contributed by atoms with Gasteiger partial charge in [-0.3, -0.25) is 4.79 Å². The lowest BCUT2D eigenvalue weighted by molar-refractivity contribution is 0.0472. The Kier molecular flexibility index (Phi) is 6.81. The fourth-order valence-electron chi connectivity index (χ4n) is 3.54. The quantitative estimate of drug-likeness (QED) is 0.303. The van der Waals surface area contributed by atoms with Crippen LogP contribution in [-0.2, 0) is 14.2 Å². The molecule has 0 aliphatic carbocycles. The Hall–Kier alpha value is -4.14. The van der Waals surface area contributed by atoms with Crippen LogP contribution in [0.2, 0.25) is 0 Å². The first-order chi connectivity index (χ1) is 15.7. The third kappa shape index (κ3) is 4.72. The molecule has 0 bridgehead atoms. The topological polar surface area (TPSA) is 114 Å². The van der Waals surface area contributed by atoms with Crippen LogP contribution in [0.4, 0.5) is 0 Å². The number of ketones is 1. The number of Topliss-reactive ketones (excluding diaryl/α,β-unsaturated/α-hetero) is 1. The van der Waals surface area contributed by atoms with Gasteiger partial charge in [-0.05, 0) is 51.1 Å². The summed E-state index contributed by atoms with van der Waals surface area (Å²) in [5, 5.41) is 0. The maximum atomic E-state index is 12.8. The van der Waals surface area contributed by atoms with E-state index >= 15 is 0 Å².